The Kier molecular flexibility index (Phi) is 6.99. The Morgan fingerprint density at radius 2 is 2.20 bits per heavy atom. The standard InChI is InChI=1S/C11H21NO3/c1-5-12(10(3)8-15-4)7-6-9(2)11(13)14/h6,10H,5,7-8H2,1-4H3,(H,13,14). The number of ether oxygens (including phenoxy) is 1. The monoisotopic (exact) mass is 215 g/mol. The Balaban J connectivity index is 4.21. The Morgan fingerprint density at radius 1 is 1.60 bits per heavy atom. The van der Waals surface area contributed by atoms with Crippen molar-refractivity contribution in [2.75, 3.05) is 26.8 Å². The van der Waals surface area contributed by atoms with Crippen LogP contribution >= 0.6 is 0 Å². The van der Waals surface area contributed by atoms with Gasteiger partial charge in [0.05, 0.1) is 6.61 Å². The number of rotatable bonds is 7. The molecule has 0 saturated carbocycles. The van der Waals surface area contributed by atoms with Crippen molar-refractivity contribution in [2.45, 2.75) is 26.8 Å². The van der Waals surface area contributed by atoms with Gasteiger partial charge < -0.3 is 9.84 Å². The van der Waals surface area contributed by atoms with Crippen LogP contribution in [0.1, 0.15) is 20.8 Å². The molecule has 0 amide bonds. The van der Waals surface area contributed by atoms with Crippen LogP contribution in [0.5, 0.6) is 0 Å². The van der Waals surface area contributed by atoms with Gasteiger partial charge in [0.15, 0.2) is 0 Å². The van der Waals surface area contributed by atoms with E-state index in [0.717, 1.165) is 6.54 Å². The van der Waals surface area contributed by atoms with Crippen molar-refractivity contribution in [2.24, 2.45) is 0 Å². The fourth-order valence-corrected chi connectivity index (χ4v) is 1.31. The number of carbonyl (C=O) groups is 1. The largest absolute Gasteiger partial charge is 0.478 e. The third-order valence-corrected chi connectivity index (χ3v) is 2.41. The van der Waals surface area contributed by atoms with E-state index >= 15 is 0 Å². The Hall–Kier alpha value is -0.870. The van der Waals surface area contributed by atoms with Gasteiger partial charge in [0.1, 0.15) is 0 Å². The number of carboxylic acids is 1. The minimum atomic E-state index is -0.856. The van der Waals surface area contributed by atoms with Crippen LogP contribution in [-0.4, -0.2) is 48.8 Å². The molecule has 1 atom stereocenters. The van der Waals surface area contributed by atoms with Gasteiger partial charge in [-0.2, -0.15) is 0 Å². The van der Waals surface area contributed by atoms with Crippen molar-refractivity contribution in [3.8, 4) is 0 Å². The predicted octanol–water partition coefficient (Wildman–Crippen LogP) is 1.37. The zero-order valence-electron chi connectivity index (χ0n) is 9.99. The number of hydrogen-bond acceptors (Lipinski definition) is 3. The summed E-state index contributed by atoms with van der Waals surface area (Å²) in [6, 6.07) is 0.304. The van der Waals surface area contributed by atoms with Gasteiger partial charge in [-0.1, -0.05) is 13.0 Å². The van der Waals surface area contributed by atoms with Gasteiger partial charge in [0.25, 0.3) is 0 Å². The van der Waals surface area contributed by atoms with Crippen molar-refractivity contribution in [3.05, 3.63) is 11.6 Å². The summed E-state index contributed by atoms with van der Waals surface area (Å²) < 4.78 is 5.06. The first-order valence-electron chi connectivity index (χ1n) is 5.15. The van der Waals surface area contributed by atoms with Crippen molar-refractivity contribution >= 4 is 5.97 Å². The maximum absolute atomic E-state index is 10.6. The highest BCUT2D eigenvalue weighted by Gasteiger charge is 2.10. The normalized spacial score (nSPS) is 14.3. The molecule has 0 heterocycles. The van der Waals surface area contributed by atoms with Gasteiger partial charge in [-0.25, -0.2) is 4.79 Å². The van der Waals surface area contributed by atoms with Crippen LogP contribution in [0.2, 0.25) is 0 Å². The molecule has 0 aromatic rings. The molecular formula is C11H21NO3. The van der Waals surface area contributed by atoms with Crippen LogP contribution in [0.15, 0.2) is 11.6 Å². The van der Waals surface area contributed by atoms with Crippen LogP contribution in [0.25, 0.3) is 0 Å². The second-order valence-electron chi connectivity index (χ2n) is 3.58. The summed E-state index contributed by atoms with van der Waals surface area (Å²) in [5.74, 6) is -0.856. The van der Waals surface area contributed by atoms with Crippen LogP contribution < -0.4 is 0 Å². The van der Waals surface area contributed by atoms with E-state index in [-0.39, 0.29) is 0 Å². The SMILES string of the molecule is CCN(CC=C(C)C(=O)O)C(C)COC. The number of likely N-dealkylation sites (N-methyl/N-ethyl adjacent to an activating group) is 1. The molecule has 4 heteroatoms. The molecule has 0 aromatic carbocycles. The minimum absolute atomic E-state index is 0.304. The van der Waals surface area contributed by atoms with Crippen LogP contribution in [0.4, 0.5) is 0 Å². The predicted molar refractivity (Wildman–Crippen MR) is 60.0 cm³/mol. The quantitative estimate of drug-likeness (QED) is 0.652. The first kappa shape index (κ1) is 14.1. The third kappa shape index (κ3) is 5.54. The fraction of sp³-hybridized carbons (Fsp3) is 0.727. The molecule has 0 aliphatic heterocycles. The molecule has 4 nitrogen and oxygen atoms in total. The summed E-state index contributed by atoms with van der Waals surface area (Å²) in [6.07, 6.45) is 1.73. The Labute approximate surface area is 91.5 Å². The summed E-state index contributed by atoms with van der Waals surface area (Å²) in [7, 11) is 1.67. The van der Waals surface area contributed by atoms with E-state index in [2.05, 4.69) is 18.7 Å². The topological polar surface area (TPSA) is 49.8 Å². The molecule has 0 radical (unpaired) electrons. The highest BCUT2D eigenvalue weighted by Crippen LogP contribution is 2.01. The molecular weight excluding hydrogens is 194 g/mol. The first-order chi connectivity index (χ1) is 7.02. The average molecular weight is 215 g/mol. The van der Waals surface area contributed by atoms with Crippen LogP contribution in [0.3, 0.4) is 0 Å². The molecule has 0 spiro atoms. The highest BCUT2D eigenvalue weighted by atomic mass is 16.5. The lowest BCUT2D eigenvalue weighted by Crippen LogP contribution is -2.36. The van der Waals surface area contributed by atoms with Gasteiger partial charge in [-0.05, 0) is 20.4 Å². The molecule has 1 unspecified atom stereocenters. The van der Waals surface area contributed by atoms with Gasteiger partial charge in [-0.15, -0.1) is 0 Å². The van der Waals surface area contributed by atoms with E-state index in [1.165, 1.54) is 0 Å². The van der Waals surface area contributed by atoms with Crippen LogP contribution in [0, 0.1) is 0 Å². The molecule has 88 valence electrons. The summed E-state index contributed by atoms with van der Waals surface area (Å²) in [5, 5.41) is 8.70. The van der Waals surface area contributed by atoms with E-state index < -0.39 is 5.97 Å². The maximum atomic E-state index is 10.6. The zero-order valence-corrected chi connectivity index (χ0v) is 9.99. The van der Waals surface area contributed by atoms with Gasteiger partial charge in [0, 0.05) is 25.3 Å². The number of methoxy groups -OCH3 is 1. The number of hydrogen-bond donors (Lipinski definition) is 1. The minimum Gasteiger partial charge on any atom is -0.478 e. The van der Waals surface area contributed by atoms with Gasteiger partial charge in [-0.3, -0.25) is 4.90 Å². The van der Waals surface area contributed by atoms with Gasteiger partial charge >= 0.3 is 5.97 Å². The summed E-state index contributed by atoms with van der Waals surface area (Å²) in [5.41, 5.74) is 0.387. The lowest BCUT2D eigenvalue weighted by molar-refractivity contribution is -0.132. The summed E-state index contributed by atoms with van der Waals surface area (Å²) in [4.78, 5) is 12.7. The molecule has 0 saturated heterocycles. The molecule has 0 bridgehead atoms. The Morgan fingerprint density at radius 3 is 2.60 bits per heavy atom. The van der Waals surface area contributed by atoms with Crippen molar-refractivity contribution < 1.29 is 14.6 Å². The Bertz CT molecular complexity index is 226. The van der Waals surface area contributed by atoms with E-state index in [1.54, 1.807) is 20.1 Å². The fourth-order valence-electron chi connectivity index (χ4n) is 1.31. The van der Waals surface area contributed by atoms with E-state index in [4.69, 9.17) is 9.84 Å². The molecule has 0 aliphatic rings. The van der Waals surface area contributed by atoms with Crippen LogP contribution in [-0.2, 0) is 9.53 Å². The number of carboxylic acid groups (broad SMARTS) is 1. The maximum Gasteiger partial charge on any atom is 0.330 e. The lowest BCUT2D eigenvalue weighted by atomic mass is 10.2. The van der Waals surface area contributed by atoms with E-state index in [1.807, 2.05) is 0 Å². The average Bonchev–Trinajstić information content (AvgIpc) is 2.18. The lowest BCUT2D eigenvalue weighted by Gasteiger charge is -2.25. The second-order valence-corrected chi connectivity index (χ2v) is 3.58. The van der Waals surface area contributed by atoms with Crippen molar-refractivity contribution in [3.63, 3.8) is 0 Å². The molecule has 15 heavy (non-hydrogen) atoms. The van der Waals surface area contributed by atoms with E-state index in [9.17, 15) is 4.79 Å². The zero-order chi connectivity index (χ0) is 11.8. The smallest absolute Gasteiger partial charge is 0.330 e. The summed E-state index contributed by atoms with van der Waals surface area (Å²) in [6.45, 7) is 7.92. The molecule has 1 N–H and O–H groups in total. The molecule has 0 fully saturated rings. The third-order valence-electron chi connectivity index (χ3n) is 2.41. The molecule has 0 aromatic heterocycles. The van der Waals surface area contributed by atoms with Crippen molar-refractivity contribution in [1.82, 2.24) is 4.90 Å². The second kappa shape index (κ2) is 7.43. The number of nitrogens with zero attached hydrogens (tertiary/aromatic N) is 1. The van der Waals surface area contributed by atoms with E-state index in [0.29, 0.717) is 24.8 Å². The number of aliphatic carboxylic acids is 1. The van der Waals surface area contributed by atoms with Crippen molar-refractivity contribution in [1.29, 1.82) is 0 Å². The van der Waals surface area contributed by atoms with Gasteiger partial charge in [0.2, 0.25) is 0 Å². The molecule has 0 aliphatic carbocycles. The highest BCUT2D eigenvalue weighted by molar-refractivity contribution is 5.85. The summed E-state index contributed by atoms with van der Waals surface area (Å²) >= 11 is 0. The first-order valence-corrected chi connectivity index (χ1v) is 5.15. The molecule has 0 rings (SSSR count).